The molecule has 0 radical (unpaired) electrons. The van der Waals surface area contributed by atoms with Gasteiger partial charge in [0.15, 0.2) is 5.11 Å². The monoisotopic (exact) mass is 293 g/mol. The summed E-state index contributed by atoms with van der Waals surface area (Å²) in [5.41, 5.74) is 8.44. The van der Waals surface area contributed by atoms with Crippen molar-refractivity contribution >= 4 is 40.3 Å². The average Bonchev–Trinajstić information content (AvgIpc) is 2.65. The van der Waals surface area contributed by atoms with E-state index in [1.54, 1.807) is 24.3 Å². The Morgan fingerprint density at radius 3 is 2.42 bits per heavy atom. The lowest BCUT2D eigenvalue weighted by Crippen LogP contribution is -2.21. The second-order valence-electron chi connectivity index (χ2n) is 3.95. The van der Waals surface area contributed by atoms with Crippen molar-refractivity contribution in [3.8, 4) is 0 Å². The third-order valence-electron chi connectivity index (χ3n) is 2.55. The molecule has 1 heterocycles. The first-order chi connectivity index (χ1) is 8.99. The van der Waals surface area contributed by atoms with Gasteiger partial charge in [-0.3, -0.25) is 0 Å². The Balaban J connectivity index is 2.33. The van der Waals surface area contributed by atoms with Gasteiger partial charge in [0, 0.05) is 5.02 Å². The van der Waals surface area contributed by atoms with Crippen LogP contribution in [0.2, 0.25) is 5.02 Å². The van der Waals surface area contributed by atoms with Crippen molar-refractivity contribution in [2.24, 2.45) is 16.0 Å². The molecule has 2 N–H and O–H groups in total. The number of hydrogen-bond acceptors (Lipinski definition) is 4. The fourth-order valence-electron chi connectivity index (χ4n) is 1.61. The highest BCUT2D eigenvalue weighted by Gasteiger charge is 2.12. The molecule has 0 amide bonds. The zero-order valence-corrected chi connectivity index (χ0v) is 12.0. The summed E-state index contributed by atoms with van der Waals surface area (Å²) in [5.74, 6) is 0. The molecule has 0 atom stereocenters. The van der Waals surface area contributed by atoms with Gasteiger partial charge in [-0.15, -0.1) is 5.11 Å². The van der Waals surface area contributed by atoms with Gasteiger partial charge in [-0.1, -0.05) is 11.6 Å². The fraction of sp³-hybridized carbons (Fsp3) is 0.167. The Kier molecular flexibility index (Phi) is 3.92. The van der Waals surface area contributed by atoms with Gasteiger partial charge in [0.05, 0.1) is 17.1 Å². The molecule has 5 nitrogen and oxygen atoms in total. The molecule has 0 fully saturated rings. The van der Waals surface area contributed by atoms with Crippen molar-refractivity contribution in [1.29, 1.82) is 0 Å². The van der Waals surface area contributed by atoms with Crippen molar-refractivity contribution in [3.63, 3.8) is 0 Å². The minimum absolute atomic E-state index is 0.188. The summed E-state index contributed by atoms with van der Waals surface area (Å²) in [4.78, 5) is 0. The number of thiocarbonyl (C=S) groups is 1. The molecule has 2 rings (SSSR count). The molecule has 0 saturated heterocycles. The predicted octanol–water partition coefficient (Wildman–Crippen LogP) is 3.66. The van der Waals surface area contributed by atoms with Gasteiger partial charge in [-0.05, 0) is 50.3 Å². The molecule has 1 aromatic carbocycles. The summed E-state index contributed by atoms with van der Waals surface area (Å²) in [6.07, 6.45) is 0. The lowest BCUT2D eigenvalue weighted by molar-refractivity contribution is 0.886. The molecule has 98 valence electrons. The zero-order chi connectivity index (χ0) is 14.0. The van der Waals surface area contributed by atoms with Crippen molar-refractivity contribution in [1.82, 2.24) is 9.78 Å². The highest BCUT2D eigenvalue weighted by atomic mass is 35.5. The number of nitrogens with zero attached hydrogens (tertiary/aromatic N) is 4. The highest BCUT2D eigenvalue weighted by Crippen LogP contribution is 2.25. The lowest BCUT2D eigenvalue weighted by Gasteiger charge is -1.98. The summed E-state index contributed by atoms with van der Waals surface area (Å²) in [7, 11) is 0. The summed E-state index contributed by atoms with van der Waals surface area (Å²) in [6, 6.07) is 7.09. The fourth-order valence-corrected chi connectivity index (χ4v) is 1.91. The molecular weight excluding hydrogens is 282 g/mol. The molecular formula is C12H12ClN5S. The largest absolute Gasteiger partial charge is 0.374 e. The van der Waals surface area contributed by atoms with Gasteiger partial charge < -0.3 is 5.73 Å². The topological polar surface area (TPSA) is 68.6 Å². The van der Waals surface area contributed by atoms with E-state index in [-0.39, 0.29) is 5.11 Å². The molecule has 19 heavy (non-hydrogen) atoms. The van der Waals surface area contributed by atoms with Crippen LogP contribution in [0.4, 0.5) is 11.4 Å². The maximum Gasteiger partial charge on any atom is 0.191 e. The minimum atomic E-state index is 0.188. The lowest BCUT2D eigenvalue weighted by atomic mass is 10.3. The van der Waals surface area contributed by atoms with E-state index in [0.29, 0.717) is 16.4 Å². The minimum Gasteiger partial charge on any atom is -0.374 e. The third-order valence-corrected chi connectivity index (χ3v) is 2.98. The molecule has 7 heteroatoms. The summed E-state index contributed by atoms with van der Waals surface area (Å²) in [5, 5.41) is 13.4. The SMILES string of the molecule is Cc1nn(C(N)=S)c(C)c1N=Nc1ccc(Cl)cc1. The summed E-state index contributed by atoms with van der Waals surface area (Å²) >= 11 is 10.7. The van der Waals surface area contributed by atoms with Crippen LogP contribution in [0, 0.1) is 13.8 Å². The highest BCUT2D eigenvalue weighted by molar-refractivity contribution is 7.80. The molecule has 0 aliphatic heterocycles. The van der Waals surface area contributed by atoms with E-state index in [0.717, 1.165) is 11.4 Å². The Labute approximate surface area is 121 Å². The van der Waals surface area contributed by atoms with Crippen LogP contribution in [0.1, 0.15) is 11.4 Å². The van der Waals surface area contributed by atoms with Crippen LogP contribution >= 0.6 is 23.8 Å². The van der Waals surface area contributed by atoms with E-state index in [1.807, 2.05) is 13.8 Å². The van der Waals surface area contributed by atoms with E-state index in [9.17, 15) is 0 Å². The number of hydrogen-bond donors (Lipinski definition) is 1. The van der Waals surface area contributed by atoms with Crippen molar-refractivity contribution < 1.29 is 0 Å². The molecule has 0 aliphatic carbocycles. The maximum atomic E-state index is 5.80. The van der Waals surface area contributed by atoms with Crippen LogP contribution in [0.5, 0.6) is 0 Å². The van der Waals surface area contributed by atoms with Crippen molar-refractivity contribution in [3.05, 3.63) is 40.7 Å². The summed E-state index contributed by atoms with van der Waals surface area (Å²) in [6.45, 7) is 3.67. The van der Waals surface area contributed by atoms with E-state index < -0.39 is 0 Å². The Hall–Kier alpha value is -1.79. The number of azo groups is 1. The first kappa shape index (κ1) is 13.6. The number of aromatic nitrogens is 2. The van der Waals surface area contributed by atoms with Crippen LogP contribution in [0.25, 0.3) is 0 Å². The number of benzene rings is 1. The number of rotatable bonds is 2. The second kappa shape index (κ2) is 5.46. The first-order valence-corrected chi connectivity index (χ1v) is 6.31. The van der Waals surface area contributed by atoms with E-state index in [2.05, 4.69) is 15.3 Å². The average molecular weight is 294 g/mol. The van der Waals surface area contributed by atoms with Gasteiger partial charge >= 0.3 is 0 Å². The van der Waals surface area contributed by atoms with Gasteiger partial charge in [0.25, 0.3) is 0 Å². The number of aryl methyl sites for hydroxylation is 1. The first-order valence-electron chi connectivity index (χ1n) is 5.52. The molecule has 0 spiro atoms. The molecule has 0 aliphatic rings. The van der Waals surface area contributed by atoms with Crippen molar-refractivity contribution in [2.45, 2.75) is 13.8 Å². The normalized spacial score (nSPS) is 11.1. The van der Waals surface area contributed by atoms with Crippen LogP contribution in [0.15, 0.2) is 34.5 Å². The van der Waals surface area contributed by atoms with Crippen LogP contribution in [-0.2, 0) is 0 Å². The smallest absolute Gasteiger partial charge is 0.191 e. The van der Waals surface area contributed by atoms with Gasteiger partial charge in [0.1, 0.15) is 5.69 Å². The Bertz CT molecular complexity index is 645. The third kappa shape index (κ3) is 2.97. The molecule has 0 unspecified atom stereocenters. The molecule has 2 aromatic rings. The summed E-state index contributed by atoms with van der Waals surface area (Å²) < 4.78 is 1.47. The molecule has 1 aromatic heterocycles. The van der Waals surface area contributed by atoms with Crippen LogP contribution in [0.3, 0.4) is 0 Å². The van der Waals surface area contributed by atoms with Crippen LogP contribution < -0.4 is 5.73 Å². The maximum absolute atomic E-state index is 5.80. The second-order valence-corrected chi connectivity index (χ2v) is 4.80. The van der Waals surface area contributed by atoms with Gasteiger partial charge in [0.2, 0.25) is 0 Å². The van der Waals surface area contributed by atoms with E-state index in [1.165, 1.54) is 4.68 Å². The Morgan fingerprint density at radius 1 is 1.26 bits per heavy atom. The molecule has 0 bridgehead atoms. The van der Waals surface area contributed by atoms with E-state index >= 15 is 0 Å². The van der Waals surface area contributed by atoms with Gasteiger partial charge in [-0.25, -0.2) is 4.68 Å². The quantitative estimate of drug-likeness (QED) is 0.678. The Morgan fingerprint density at radius 2 is 1.89 bits per heavy atom. The van der Waals surface area contributed by atoms with E-state index in [4.69, 9.17) is 29.6 Å². The standard InChI is InChI=1S/C12H12ClN5S/c1-7-11(8(2)18(17-7)12(14)19)16-15-10-5-3-9(13)4-6-10/h3-6H,1-2H3,(H2,14,19). The predicted molar refractivity (Wildman–Crippen MR) is 79.5 cm³/mol. The number of halogens is 1. The van der Waals surface area contributed by atoms with Gasteiger partial charge in [-0.2, -0.15) is 10.2 Å². The van der Waals surface area contributed by atoms with Crippen molar-refractivity contribution in [2.75, 3.05) is 0 Å². The number of nitrogens with two attached hydrogens (primary N) is 1. The van der Waals surface area contributed by atoms with Crippen LogP contribution in [-0.4, -0.2) is 14.9 Å². The zero-order valence-electron chi connectivity index (χ0n) is 10.5. The molecule has 0 saturated carbocycles.